The number of nitrogens with one attached hydrogen (secondary N) is 3. The second kappa shape index (κ2) is 9.23. The van der Waals surface area contributed by atoms with Crippen LogP contribution in [0.25, 0.3) is 0 Å². The summed E-state index contributed by atoms with van der Waals surface area (Å²) < 4.78 is 0. The number of rotatable bonds is 8. The third kappa shape index (κ3) is 5.22. The number of anilines is 1. The molecule has 0 radical (unpaired) electrons. The first kappa shape index (κ1) is 19.8. The summed E-state index contributed by atoms with van der Waals surface area (Å²) in [6.45, 7) is 5.56. The Hall–Kier alpha value is -2.55. The minimum atomic E-state index is -0.957. The van der Waals surface area contributed by atoms with Gasteiger partial charge in [0.25, 0.3) is 0 Å². The molecule has 9 nitrogen and oxygen atoms in total. The average molecular weight is 361 g/mol. The monoisotopic (exact) mass is 361 g/mol. The van der Waals surface area contributed by atoms with Gasteiger partial charge in [-0.05, 0) is 36.9 Å². The maximum absolute atomic E-state index is 11.7. The zero-order chi connectivity index (χ0) is 19.1. The van der Waals surface area contributed by atoms with Crippen LogP contribution in [0.15, 0.2) is 28.7 Å². The summed E-state index contributed by atoms with van der Waals surface area (Å²) in [5.41, 5.74) is 0.842. The molecule has 1 aromatic rings. The summed E-state index contributed by atoms with van der Waals surface area (Å²) in [6, 6.07) is 4.15. The van der Waals surface area contributed by atoms with Crippen molar-refractivity contribution >= 4 is 17.6 Å². The molecular formula is C17H27N7O2. The molecule has 1 saturated heterocycles. The van der Waals surface area contributed by atoms with Crippen molar-refractivity contribution in [3.05, 3.63) is 23.9 Å². The van der Waals surface area contributed by atoms with E-state index in [9.17, 15) is 9.90 Å². The fraction of sp³-hybridized carbons (Fsp3) is 0.588. The van der Waals surface area contributed by atoms with Crippen LogP contribution in [0.1, 0.15) is 25.8 Å². The summed E-state index contributed by atoms with van der Waals surface area (Å²) in [4.78, 5) is 16.1. The molecule has 142 valence electrons. The lowest BCUT2D eigenvalue weighted by molar-refractivity contribution is -0.144. The molecule has 3 atom stereocenters. The fourth-order valence-electron chi connectivity index (χ4n) is 3.32. The van der Waals surface area contributed by atoms with E-state index >= 15 is 0 Å². The molecule has 2 rings (SSSR count). The molecule has 6 N–H and O–H groups in total. The van der Waals surface area contributed by atoms with E-state index in [1.54, 1.807) is 6.20 Å². The minimum Gasteiger partial charge on any atom is -0.481 e. The second-order valence-corrected chi connectivity index (χ2v) is 6.91. The Labute approximate surface area is 153 Å². The van der Waals surface area contributed by atoms with Gasteiger partial charge in [0.1, 0.15) is 11.7 Å². The van der Waals surface area contributed by atoms with Crippen molar-refractivity contribution < 1.29 is 9.90 Å². The first-order chi connectivity index (χ1) is 12.4. The Morgan fingerprint density at radius 2 is 2.31 bits per heavy atom. The summed E-state index contributed by atoms with van der Waals surface area (Å²) in [5, 5.41) is 31.0. The molecule has 1 aliphatic heterocycles. The van der Waals surface area contributed by atoms with Gasteiger partial charge in [0.15, 0.2) is 0 Å². The Kier molecular flexibility index (Phi) is 7.02. The summed E-state index contributed by atoms with van der Waals surface area (Å²) in [5.74, 6) is 3.22. The van der Waals surface area contributed by atoms with Crippen LogP contribution in [0, 0.1) is 23.2 Å². The molecule has 0 aliphatic carbocycles. The molecule has 9 heteroatoms. The normalized spacial score (nSPS) is 19.6. The first-order valence-electron chi connectivity index (χ1n) is 8.76. The van der Waals surface area contributed by atoms with Crippen molar-refractivity contribution in [3.63, 3.8) is 0 Å². The van der Waals surface area contributed by atoms with Crippen LogP contribution in [-0.2, 0) is 11.2 Å². The lowest BCUT2D eigenvalue weighted by atomic mass is 9.79. The topological polar surface area (TPSA) is 149 Å². The average Bonchev–Trinajstić information content (AvgIpc) is 3.08. The van der Waals surface area contributed by atoms with Crippen molar-refractivity contribution in [2.75, 3.05) is 18.4 Å². The highest BCUT2D eigenvalue weighted by Gasteiger charge is 2.34. The zero-order valence-corrected chi connectivity index (χ0v) is 15.1. The number of nitrogens with two attached hydrogens (primary N) is 1. The molecule has 1 unspecified atom stereocenters. The number of nitrogens with zero attached hydrogens (tertiary/aromatic N) is 3. The van der Waals surface area contributed by atoms with Gasteiger partial charge in [-0.3, -0.25) is 10.2 Å². The number of carboxylic acids is 1. The van der Waals surface area contributed by atoms with Gasteiger partial charge in [-0.2, -0.15) is 0 Å². The number of hydrogen-bond donors (Lipinski definition) is 5. The van der Waals surface area contributed by atoms with E-state index in [1.807, 2.05) is 26.0 Å². The molecule has 0 amide bonds. The van der Waals surface area contributed by atoms with Crippen molar-refractivity contribution in [2.45, 2.75) is 32.7 Å². The first-order valence-corrected chi connectivity index (χ1v) is 8.76. The number of pyridine rings is 1. The third-order valence-corrected chi connectivity index (χ3v) is 4.65. The Morgan fingerprint density at radius 3 is 2.81 bits per heavy atom. The number of aliphatic carboxylic acids is 1. The van der Waals surface area contributed by atoms with Gasteiger partial charge in [0.05, 0.1) is 5.92 Å². The second-order valence-electron chi connectivity index (χ2n) is 6.91. The molecule has 0 bridgehead atoms. The van der Waals surface area contributed by atoms with Gasteiger partial charge < -0.3 is 21.6 Å². The van der Waals surface area contributed by atoms with Gasteiger partial charge in [0.2, 0.25) is 0 Å². The van der Waals surface area contributed by atoms with Gasteiger partial charge in [-0.25, -0.2) is 4.98 Å². The maximum atomic E-state index is 11.7. The largest absolute Gasteiger partial charge is 0.481 e. The lowest BCUT2D eigenvalue weighted by Crippen LogP contribution is -2.34. The quantitative estimate of drug-likeness (QED) is 0.156. The summed E-state index contributed by atoms with van der Waals surface area (Å²) in [7, 11) is 0. The van der Waals surface area contributed by atoms with Crippen LogP contribution in [0.4, 0.5) is 5.82 Å². The highest BCUT2D eigenvalue weighted by Crippen LogP contribution is 2.27. The van der Waals surface area contributed by atoms with Crippen LogP contribution in [0.2, 0.25) is 0 Å². The molecule has 0 spiro atoms. The van der Waals surface area contributed by atoms with Crippen molar-refractivity contribution in [3.8, 4) is 0 Å². The van der Waals surface area contributed by atoms with Gasteiger partial charge >= 0.3 is 5.97 Å². The van der Waals surface area contributed by atoms with Crippen LogP contribution in [0.5, 0.6) is 0 Å². The number of aromatic nitrogens is 1. The van der Waals surface area contributed by atoms with Crippen LogP contribution in [0.3, 0.4) is 0 Å². The molecule has 26 heavy (non-hydrogen) atoms. The van der Waals surface area contributed by atoms with Crippen molar-refractivity contribution in [1.82, 2.24) is 10.3 Å². The summed E-state index contributed by atoms with van der Waals surface area (Å²) in [6.07, 6.45) is 3.11. The number of carboxylic acid groups (broad SMARTS) is 1. The standard InChI is InChI=1S/C17H27N7O2/c1-10(2)15(17(25)26)13(16(18)23-24-19)7-11-3-4-14(21-8-11)22-12-5-6-20-9-12/h3-4,8,10,12-13,15,20H,5-7,9H2,1-2H3,(H,21,22)(H,25,26)(H3,18,19,23)/t12?,13-,15-/m0/s1. The number of hydrogen-bond acceptors (Lipinski definition) is 6. The van der Waals surface area contributed by atoms with Crippen LogP contribution in [-0.4, -0.2) is 41.0 Å². The molecule has 2 heterocycles. The third-order valence-electron chi connectivity index (χ3n) is 4.65. The Balaban J connectivity index is 2.13. The number of amidine groups is 1. The fourth-order valence-corrected chi connectivity index (χ4v) is 3.32. The smallest absolute Gasteiger partial charge is 0.307 e. The highest BCUT2D eigenvalue weighted by molar-refractivity contribution is 5.87. The van der Waals surface area contributed by atoms with E-state index in [0.717, 1.165) is 30.9 Å². The minimum absolute atomic E-state index is 0.132. The zero-order valence-electron chi connectivity index (χ0n) is 15.1. The van der Waals surface area contributed by atoms with Crippen molar-refractivity contribution in [1.29, 1.82) is 5.41 Å². The Bertz CT molecular complexity index is 639. The van der Waals surface area contributed by atoms with E-state index in [2.05, 4.69) is 26.0 Å². The molecule has 1 fully saturated rings. The molecule has 1 aromatic heterocycles. The van der Waals surface area contributed by atoms with E-state index in [0.29, 0.717) is 12.5 Å². The van der Waals surface area contributed by atoms with Crippen LogP contribution < -0.4 is 16.5 Å². The van der Waals surface area contributed by atoms with E-state index in [1.165, 1.54) is 0 Å². The van der Waals surface area contributed by atoms with Gasteiger partial charge in [-0.1, -0.05) is 25.1 Å². The van der Waals surface area contributed by atoms with Crippen LogP contribution >= 0.6 is 0 Å². The predicted octanol–water partition coefficient (Wildman–Crippen LogP) is 1.67. The maximum Gasteiger partial charge on any atom is 0.307 e. The SMILES string of the molecule is CC(C)[C@H](C(=O)O)[C@H](Cc1ccc(NC2CCNC2)nc1)C(=N)N=NN. The van der Waals surface area contributed by atoms with Crippen molar-refractivity contribution in [2.24, 2.45) is 33.9 Å². The highest BCUT2D eigenvalue weighted by atomic mass is 16.4. The predicted molar refractivity (Wildman–Crippen MR) is 99.1 cm³/mol. The van der Waals surface area contributed by atoms with E-state index < -0.39 is 17.8 Å². The lowest BCUT2D eigenvalue weighted by Gasteiger charge is -2.25. The molecule has 0 aromatic carbocycles. The summed E-state index contributed by atoms with van der Waals surface area (Å²) >= 11 is 0. The number of carbonyl (C=O) groups is 1. The van der Waals surface area contributed by atoms with Gasteiger partial charge in [0, 0.05) is 24.7 Å². The van der Waals surface area contributed by atoms with Gasteiger partial charge in [-0.15, -0.1) is 5.11 Å². The molecular weight excluding hydrogens is 334 g/mol. The molecule has 0 saturated carbocycles. The molecule has 1 aliphatic rings. The van der Waals surface area contributed by atoms with E-state index in [-0.39, 0.29) is 11.8 Å². The Morgan fingerprint density at radius 1 is 1.54 bits per heavy atom. The van der Waals surface area contributed by atoms with E-state index in [4.69, 9.17) is 11.3 Å².